The van der Waals surface area contributed by atoms with E-state index in [0.29, 0.717) is 0 Å². The minimum absolute atomic E-state index is 0.00694. The summed E-state index contributed by atoms with van der Waals surface area (Å²) in [4.78, 5) is 0. The lowest BCUT2D eigenvalue weighted by molar-refractivity contribution is -0.0782. The molecule has 1 saturated carbocycles. The summed E-state index contributed by atoms with van der Waals surface area (Å²) in [6.07, 6.45) is 6.21. The van der Waals surface area contributed by atoms with Gasteiger partial charge in [-0.15, -0.1) is 0 Å². The van der Waals surface area contributed by atoms with Crippen molar-refractivity contribution < 1.29 is 4.74 Å². The van der Waals surface area contributed by atoms with Crippen molar-refractivity contribution >= 4 is 0 Å². The molecule has 1 aliphatic carbocycles. The van der Waals surface area contributed by atoms with E-state index in [1.54, 1.807) is 0 Å². The maximum atomic E-state index is 5.96. The van der Waals surface area contributed by atoms with Crippen LogP contribution < -0.4 is 5.73 Å². The summed E-state index contributed by atoms with van der Waals surface area (Å²) < 4.78 is 5.81. The lowest BCUT2D eigenvalue weighted by Gasteiger charge is -2.40. The third-order valence-electron chi connectivity index (χ3n) is 2.96. The van der Waals surface area contributed by atoms with Crippen LogP contribution in [-0.4, -0.2) is 18.2 Å². The Morgan fingerprint density at radius 2 is 1.92 bits per heavy atom. The molecule has 0 spiro atoms. The highest BCUT2D eigenvalue weighted by Gasteiger charge is 2.35. The van der Waals surface area contributed by atoms with Gasteiger partial charge in [0.05, 0.1) is 5.60 Å². The van der Waals surface area contributed by atoms with E-state index < -0.39 is 0 Å². The molecular formula is C10H21NO. The molecule has 72 valence electrons. The molecule has 0 heterocycles. The second-order valence-electron chi connectivity index (χ2n) is 3.85. The van der Waals surface area contributed by atoms with Crippen molar-refractivity contribution in [2.45, 2.75) is 57.6 Å². The van der Waals surface area contributed by atoms with Crippen LogP contribution in [0.5, 0.6) is 0 Å². The molecule has 1 rings (SSSR count). The molecule has 1 fully saturated rings. The normalized spacial score (nSPS) is 25.2. The van der Waals surface area contributed by atoms with E-state index in [0.717, 1.165) is 19.4 Å². The SMILES string of the molecule is CCOC1(C(C)N)CCCCC1. The second-order valence-corrected chi connectivity index (χ2v) is 3.85. The van der Waals surface area contributed by atoms with Gasteiger partial charge in [-0.05, 0) is 26.7 Å². The lowest BCUT2D eigenvalue weighted by Crippen LogP contribution is -2.49. The highest BCUT2D eigenvalue weighted by molar-refractivity contribution is 4.91. The zero-order chi connectivity index (χ0) is 9.03. The van der Waals surface area contributed by atoms with Gasteiger partial charge in [0, 0.05) is 12.6 Å². The van der Waals surface area contributed by atoms with Crippen molar-refractivity contribution in [2.24, 2.45) is 5.73 Å². The third-order valence-corrected chi connectivity index (χ3v) is 2.96. The molecule has 0 bridgehead atoms. The van der Waals surface area contributed by atoms with Crippen LogP contribution in [0.15, 0.2) is 0 Å². The predicted octanol–water partition coefficient (Wildman–Crippen LogP) is 2.07. The highest BCUT2D eigenvalue weighted by Crippen LogP contribution is 2.33. The minimum Gasteiger partial charge on any atom is -0.374 e. The summed E-state index contributed by atoms with van der Waals surface area (Å²) >= 11 is 0. The van der Waals surface area contributed by atoms with Gasteiger partial charge in [0.1, 0.15) is 0 Å². The molecule has 0 aromatic heterocycles. The minimum atomic E-state index is 0.00694. The third kappa shape index (κ3) is 1.99. The number of nitrogens with two attached hydrogens (primary N) is 1. The molecular weight excluding hydrogens is 150 g/mol. The van der Waals surface area contributed by atoms with Gasteiger partial charge in [0.25, 0.3) is 0 Å². The molecule has 12 heavy (non-hydrogen) atoms. The molecule has 2 heteroatoms. The molecule has 2 nitrogen and oxygen atoms in total. The fourth-order valence-corrected chi connectivity index (χ4v) is 2.17. The molecule has 1 atom stereocenters. The summed E-state index contributed by atoms with van der Waals surface area (Å²) in [5.74, 6) is 0. The molecule has 0 aromatic rings. The highest BCUT2D eigenvalue weighted by atomic mass is 16.5. The van der Waals surface area contributed by atoms with Gasteiger partial charge >= 0.3 is 0 Å². The van der Waals surface area contributed by atoms with Crippen LogP contribution in [0.1, 0.15) is 46.0 Å². The maximum Gasteiger partial charge on any atom is 0.0829 e. The van der Waals surface area contributed by atoms with Gasteiger partial charge in [-0.2, -0.15) is 0 Å². The Morgan fingerprint density at radius 1 is 1.33 bits per heavy atom. The fourth-order valence-electron chi connectivity index (χ4n) is 2.17. The van der Waals surface area contributed by atoms with E-state index in [2.05, 4.69) is 13.8 Å². The van der Waals surface area contributed by atoms with Crippen LogP contribution in [-0.2, 0) is 4.74 Å². The summed E-state index contributed by atoms with van der Waals surface area (Å²) in [5, 5.41) is 0. The quantitative estimate of drug-likeness (QED) is 0.705. The van der Waals surface area contributed by atoms with Gasteiger partial charge in [-0.1, -0.05) is 19.3 Å². The number of ether oxygens (including phenoxy) is 1. The average molecular weight is 171 g/mol. The molecule has 0 saturated heterocycles. The summed E-state index contributed by atoms with van der Waals surface area (Å²) in [5.41, 5.74) is 5.97. The first kappa shape index (κ1) is 10.0. The Bertz CT molecular complexity index is 122. The van der Waals surface area contributed by atoms with Crippen LogP contribution in [0.25, 0.3) is 0 Å². The molecule has 0 aromatic carbocycles. The van der Waals surface area contributed by atoms with Gasteiger partial charge in [0.15, 0.2) is 0 Å². The Hall–Kier alpha value is -0.0800. The first-order chi connectivity index (χ1) is 5.71. The van der Waals surface area contributed by atoms with Gasteiger partial charge < -0.3 is 10.5 Å². The van der Waals surface area contributed by atoms with Gasteiger partial charge in [-0.25, -0.2) is 0 Å². The predicted molar refractivity (Wildman–Crippen MR) is 51.1 cm³/mol. The fraction of sp³-hybridized carbons (Fsp3) is 1.00. The second kappa shape index (κ2) is 4.24. The molecule has 0 aliphatic heterocycles. The smallest absolute Gasteiger partial charge is 0.0829 e. The Kier molecular flexibility index (Phi) is 3.53. The lowest BCUT2D eigenvalue weighted by atomic mass is 9.80. The van der Waals surface area contributed by atoms with Crippen LogP contribution in [0.2, 0.25) is 0 Å². The molecule has 2 N–H and O–H groups in total. The van der Waals surface area contributed by atoms with Crippen molar-refractivity contribution in [3.8, 4) is 0 Å². The van der Waals surface area contributed by atoms with Gasteiger partial charge in [0.2, 0.25) is 0 Å². The average Bonchev–Trinajstić information content (AvgIpc) is 2.06. The maximum absolute atomic E-state index is 5.96. The van der Waals surface area contributed by atoms with E-state index in [-0.39, 0.29) is 11.6 Å². The first-order valence-corrected chi connectivity index (χ1v) is 5.11. The summed E-state index contributed by atoms with van der Waals surface area (Å²) in [6, 6.07) is 0.178. The van der Waals surface area contributed by atoms with Gasteiger partial charge in [-0.3, -0.25) is 0 Å². The van der Waals surface area contributed by atoms with Crippen LogP contribution >= 0.6 is 0 Å². The molecule has 1 unspecified atom stereocenters. The molecule has 0 amide bonds. The monoisotopic (exact) mass is 171 g/mol. The van der Waals surface area contributed by atoms with Crippen LogP contribution in [0.3, 0.4) is 0 Å². The Balaban J connectivity index is 2.56. The van der Waals surface area contributed by atoms with E-state index in [4.69, 9.17) is 10.5 Å². The van der Waals surface area contributed by atoms with Crippen LogP contribution in [0, 0.1) is 0 Å². The first-order valence-electron chi connectivity index (χ1n) is 5.11. The van der Waals surface area contributed by atoms with E-state index in [1.807, 2.05) is 0 Å². The largest absolute Gasteiger partial charge is 0.374 e. The van der Waals surface area contributed by atoms with Crippen molar-refractivity contribution in [3.05, 3.63) is 0 Å². The number of hydrogen-bond acceptors (Lipinski definition) is 2. The van der Waals surface area contributed by atoms with Crippen molar-refractivity contribution in [1.29, 1.82) is 0 Å². The zero-order valence-corrected chi connectivity index (χ0v) is 8.31. The number of hydrogen-bond donors (Lipinski definition) is 1. The van der Waals surface area contributed by atoms with Crippen molar-refractivity contribution in [2.75, 3.05) is 6.61 Å². The zero-order valence-electron chi connectivity index (χ0n) is 8.31. The number of rotatable bonds is 3. The summed E-state index contributed by atoms with van der Waals surface area (Å²) in [6.45, 7) is 4.92. The Labute approximate surface area is 75.5 Å². The van der Waals surface area contributed by atoms with E-state index in [1.165, 1.54) is 19.3 Å². The molecule has 1 aliphatic rings. The van der Waals surface area contributed by atoms with Crippen molar-refractivity contribution in [3.63, 3.8) is 0 Å². The topological polar surface area (TPSA) is 35.2 Å². The van der Waals surface area contributed by atoms with E-state index >= 15 is 0 Å². The van der Waals surface area contributed by atoms with Crippen LogP contribution in [0.4, 0.5) is 0 Å². The summed E-state index contributed by atoms with van der Waals surface area (Å²) in [7, 11) is 0. The standard InChI is InChI=1S/C10H21NO/c1-3-12-10(9(2)11)7-5-4-6-8-10/h9H,3-8,11H2,1-2H3. The van der Waals surface area contributed by atoms with E-state index in [9.17, 15) is 0 Å². The van der Waals surface area contributed by atoms with Crippen molar-refractivity contribution in [1.82, 2.24) is 0 Å². The Morgan fingerprint density at radius 3 is 2.33 bits per heavy atom. The molecule has 0 radical (unpaired) electrons.